The Balaban J connectivity index is 0.000000119. The summed E-state index contributed by atoms with van der Waals surface area (Å²) in [5, 5.41) is 26.5. The van der Waals surface area contributed by atoms with Crippen LogP contribution in [-0.2, 0) is 9.47 Å². The summed E-state index contributed by atoms with van der Waals surface area (Å²) < 4.78 is 15.1. The fourth-order valence-corrected chi connectivity index (χ4v) is 20.2. The van der Waals surface area contributed by atoms with Gasteiger partial charge in [0.05, 0.1) is 51.1 Å². The van der Waals surface area contributed by atoms with Crippen LogP contribution in [0.3, 0.4) is 0 Å². The van der Waals surface area contributed by atoms with Gasteiger partial charge in [-0.05, 0) is 207 Å². The molecular formula is C102H81Cl4N5O16. The Morgan fingerprint density at radius 1 is 0.268 bits per heavy atom. The number of hydrogen-bond acceptors (Lipinski definition) is 17. The molecule has 0 aliphatic carbocycles. The number of ether oxygens (including phenoxy) is 3. The number of phenolic OH excluding ortho intramolecular Hbond substituents is 1. The van der Waals surface area contributed by atoms with Crippen molar-refractivity contribution in [2.24, 2.45) is 5.73 Å². The number of nitrogens with two attached hydrogens (primary N) is 1. The maximum atomic E-state index is 13.7. The van der Waals surface area contributed by atoms with E-state index in [1.54, 1.807) is 72.8 Å². The minimum atomic E-state index is -0.666. The van der Waals surface area contributed by atoms with Crippen LogP contribution in [0.2, 0.25) is 20.1 Å². The third-order valence-corrected chi connectivity index (χ3v) is 26.3. The lowest BCUT2D eigenvalue weighted by Gasteiger charge is -2.31. The molecule has 0 saturated heterocycles. The third kappa shape index (κ3) is 13.3. The molecule has 0 bridgehead atoms. The maximum Gasteiger partial charge on any atom is 0.346 e. The Kier molecular flexibility index (Phi) is 22.3. The van der Waals surface area contributed by atoms with Gasteiger partial charge >= 0.3 is 23.9 Å². The molecular weight excluding hydrogens is 1690 g/mol. The highest BCUT2D eigenvalue weighted by molar-refractivity contribution is 6.56. The van der Waals surface area contributed by atoms with Crippen LogP contribution in [0, 0.1) is 0 Å². The van der Waals surface area contributed by atoms with Gasteiger partial charge in [0.1, 0.15) is 11.5 Å². The molecule has 6 aliphatic heterocycles. The molecule has 22 rings (SSSR count). The van der Waals surface area contributed by atoms with Crippen LogP contribution in [0.1, 0.15) is 243 Å². The summed E-state index contributed by atoms with van der Waals surface area (Å²) in [5.41, 5.74) is 9.86. The second-order valence-corrected chi connectivity index (χ2v) is 34.2. The number of esters is 4. The van der Waals surface area contributed by atoms with Gasteiger partial charge in [0.15, 0.2) is 0 Å². The second kappa shape index (κ2) is 33.4. The van der Waals surface area contributed by atoms with Crippen LogP contribution < -0.4 is 10.5 Å². The number of halogens is 4. The number of rotatable bonds is 18. The van der Waals surface area contributed by atoms with Crippen molar-refractivity contribution in [3.05, 3.63) is 232 Å². The predicted molar refractivity (Wildman–Crippen MR) is 496 cm³/mol. The summed E-state index contributed by atoms with van der Waals surface area (Å²) >= 11 is 27.9. The van der Waals surface area contributed by atoms with Gasteiger partial charge in [0.2, 0.25) is 0 Å². The molecule has 0 radical (unpaired) electrons. The van der Waals surface area contributed by atoms with E-state index in [1.807, 2.05) is 100 Å². The average Bonchev–Trinajstić information content (AvgIpc) is 0.683. The van der Waals surface area contributed by atoms with Crippen molar-refractivity contribution >= 4 is 247 Å². The molecule has 0 atom stereocenters. The lowest BCUT2D eigenvalue weighted by atomic mass is 9.82. The first-order valence-corrected chi connectivity index (χ1v) is 44.4. The van der Waals surface area contributed by atoms with Crippen molar-refractivity contribution in [3.63, 3.8) is 0 Å². The highest BCUT2D eigenvalue weighted by Gasteiger charge is 2.43. The third-order valence-electron chi connectivity index (χ3n) is 25.1. The summed E-state index contributed by atoms with van der Waals surface area (Å²) in [7, 11) is 0. The highest BCUT2D eigenvalue weighted by atomic mass is 35.5. The van der Waals surface area contributed by atoms with Gasteiger partial charge in [0, 0.05) is 133 Å². The van der Waals surface area contributed by atoms with Gasteiger partial charge in [-0.15, -0.1) is 0 Å². The number of carbonyl (C=O) groups excluding carboxylic acids is 12. The molecule has 25 heteroatoms. The number of unbranched alkanes of at least 4 members (excludes halogenated alkanes) is 6. The normalized spacial score (nSPS) is 14.5. The molecule has 0 fully saturated rings. The quantitative estimate of drug-likeness (QED) is 0.0201. The minimum absolute atomic E-state index is 0.229. The molecule has 0 saturated carbocycles. The van der Waals surface area contributed by atoms with Crippen LogP contribution in [-0.4, -0.2) is 135 Å². The Morgan fingerprint density at radius 3 is 0.717 bits per heavy atom. The number of benzene rings is 16. The number of imide groups is 4. The number of fused-ring (bicyclic) bond motifs is 6. The van der Waals surface area contributed by atoms with E-state index in [1.165, 1.54) is 32.4 Å². The van der Waals surface area contributed by atoms with Crippen LogP contribution in [0.4, 0.5) is 0 Å². The standard InChI is InChI=1S/C32H22Cl4N2O4.C32H26N2O4.C24H8O6.C10H14O2.C4H11N/c1-3-5-7-37-29(39)13-9-17(33)23-25-19(35)11-15-22-16(32(42)38(31(15)41)8-6-4-2)12-20(36)26(28(22)25)24-18(34)10-14(30(37)40)21(13)27(23)24;1-3-5-15-33-29(35)21-11-7-17-19-9-13-23-28-24(32(38)34(31(23)37)16-6-4-2)14-10-20(26(19)28)18-8-12-22(30(33)36)27(21)25(17)18;25-21-13-5-1-9-10-2-6-15-20-16(24(28)30-23(15)27)8-4-12(18(10)20)11-3-7-14(22(26)29-21)19(13)17(9)11;1-2-3-8-12-10-6-4-9(11)5-7-10;1-2-3-4-5/h9-12H,3-8H2,1-2H3;7-14H,3-6,15-16H2,1-2H3;1-8H;4-7,11H,2-3,8H2,1H3;2-5H2,1H3. The van der Waals surface area contributed by atoms with Crippen molar-refractivity contribution in [1.29, 1.82) is 0 Å². The monoisotopic (exact) mass is 1770 g/mol. The lowest BCUT2D eigenvalue weighted by Crippen LogP contribution is -2.41. The number of phenols is 1. The van der Waals surface area contributed by atoms with E-state index in [0.29, 0.717) is 157 Å². The molecule has 6 heterocycles. The number of amides is 8. The van der Waals surface area contributed by atoms with Gasteiger partial charge in [-0.3, -0.25) is 58.0 Å². The highest BCUT2D eigenvalue weighted by Crippen LogP contribution is 2.56. The topological polar surface area (TPSA) is 292 Å². The number of nitrogens with zero attached hydrogens (tertiary/aromatic N) is 4. The van der Waals surface area contributed by atoms with Crippen LogP contribution in [0.25, 0.3) is 129 Å². The summed E-state index contributed by atoms with van der Waals surface area (Å²) in [4.78, 5) is 163. The molecule has 6 aliphatic rings. The van der Waals surface area contributed by atoms with Gasteiger partial charge in [-0.25, -0.2) is 19.2 Å². The number of hydrogen-bond donors (Lipinski definition) is 2. The average molecular weight is 1770 g/mol. The smallest absolute Gasteiger partial charge is 0.346 e. The van der Waals surface area contributed by atoms with Crippen LogP contribution in [0.15, 0.2) is 146 Å². The molecule has 127 heavy (non-hydrogen) atoms. The van der Waals surface area contributed by atoms with E-state index in [2.05, 4.69) is 13.8 Å². The van der Waals surface area contributed by atoms with Gasteiger partial charge in [-0.2, -0.15) is 0 Å². The van der Waals surface area contributed by atoms with Gasteiger partial charge in [-0.1, -0.05) is 175 Å². The summed E-state index contributed by atoms with van der Waals surface area (Å²) in [6.45, 7) is 15.3. The Bertz CT molecular complexity index is 6810. The maximum absolute atomic E-state index is 13.7. The molecule has 0 aromatic heterocycles. The van der Waals surface area contributed by atoms with Crippen LogP contribution >= 0.6 is 46.4 Å². The second-order valence-electron chi connectivity index (χ2n) is 32.6. The molecule has 0 unspecified atom stereocenters. The van der Waals surface area contributed by atoms with Crippen molar-refractivity contribution in [3.8, 4) is 11.5 Å². The molecule has 16 aromatic carbocycles. The molecule has 21 nitrogen and oxygen atoms in total. The predicted octanol–water partition coefficient (Wildman–Crippen LogP) is 23.3. The number of aromatic hydroxyl groups is 1. The summed E-state index contributed by atoms with van der Waals surface area (Å²) in [6, 6.07) is 42.0. The number of carbonyl (C=O) groups is 12. The van der Waals surface area contributed by atoms with E-state index < -0.39 is 47.5 Å². The first-order valence-electron chi connectivity index (χ1n) is 42.9. The zero-order valence-corrected chi connectivity index (χ0v) is 73.1. The molecule has 3 N–H and O–H groups in total. The van der Waals surface area contributed by atoms with Crippen LogP contribution in [0.5, 0.6) is 11.5 Å². The van der Waals surface area contributed by atoms with Crippen molar-refractivity contribution in [2.45, 2.75) is 119 Å². The molecule has 8 amide bonds. The summed E-state index contributed by atoms with van der Waals surface area (Å²) in [5.74, 6) is -4.30. The van der Waals surface area contributed by atoms with E-state index in [-0.39, 0.29) is 62.6 Å². The van der Waals surface area contributed by atoms with Crippen molar-refractivity contribution < 1.29 is 76.9 Å². The fourth-order valence-electron chi connectivity index (χ4n) is 19.0. The minimum Gasteiger partial charge on any atom is -0.508 e. The number of cyclic esters (lactones) is 4. The molecule has 16 aromatic rings. The van der Waals surface area contributed by atoms with Gasteiger partial charge in [0.25, 0.3) is 47.3 Å². The summed E-state index contributed by atoms with van der Waals surface area (Å²) in [6.07, 6.45) is 10.8. The largest absolute Gasteiger partial charge is 0.508 e. The van der Waals surface area contributed by atoms with Crippen molar-refractivity contribution in [2.75, 3.05) is 39.3 Å². The first kappa shape index (κ1) is 84.8. The van der Waals surface area contributed by atoms with E-state index in [4.69, 9.17) is 71.5 Å². The zero-order valence-electron chi connectivity index (χ0n) is 70.0. The SMILES string of the molecule is CCCCN.CCCCN1C(=O)c2cc(Cl)c3c4c(Cl)cc5c6c(cc(Cl)c(c7c(Cl)cc(c2c37)C1=O)c64)C(=O)N(CCCC)C5=O.CCCCN1C(=O)c2ccc3c4ccc5c6c(ccc(c7ccc(c2c37)C1=O)c64)C(=O)N(CCCC)C5=O.CCCCOc1ccc(O)cc1.O=C1OC(=O)c2ccc3c4ccc5c6c(ccc(c7ccc1c2c73)c64)C(=O)OC5=O. The molecule has 638 valence electrons. The van der Waals surface area contributed by atoms with E-state index >= 15 is 0 Å². The molecule has 0 spiro atoms. The van der Waals surface area contributed by atoms with E-state index in [9.17, 15) is 57.5 Å². The van der Waals surface area contributed by atoms with E-state index in [0.717, 1.165) is 135 Å². The first-order chi connectivity index (χ1) is 61.4. The Hall–Kier alpha value is -13.0. The lowest BCUT2D eigenvalue weighted by molar-refractivity contribution is 0.0373. The van der Waals surface area contributed by atoms with Gasteiger partial charge < -0.3 is 25.1 Å². The Morgan fingerprint density at radius 2 is 0.488 bits per heavy atom. The fraction of sp³-hybridized carbons (Fsp3) is 0.235. The van der Waals surface area contributed by atoms with Crippen molar-refractivity contribution in [1.82, 2.24) is 19.6 Å². The zero-order chi connectivity index (χ0) is 89.3. The Labute approximate surface area is 746 Å².